The Bertz CT molecular complexity index is 459. The van der Waals surface area contributed by atoms with Crippen LogP contribution in [0.15, 0.2) is 17.2 Å². The molecule has 0 aliphatic rings. The molecular weight excluding hydrogens is 250 g/mol. The molecule has 1 aromatic rings. The first-order valence-corrected chi connectivity index (χ1v) is 7.80. The van der Waals surface area contributed by atoms with Crippen molar-refractivity contribution in [2.45, 2.75) is 38.5 Å². The van der Waals surface area contributed by atoms with Crippen molar-refractivity contribution in [3.05, 3.63) is 22.7 Å². The molecule has 0 aliphatic heterocycles. The molecule has 0 spiro atoms. The molecular formula is C12H21N3O2S. The molecule has 1 N–H and O–H groups in total. The van der Waals surface area contributed by atoms with Crippen molar-refractivity contribution in [3.63, 3.8) is 0 Å². The molecule has 0 bridgehead atoms. The third-order valence-corrected chi connectivity index (χ3v) is 4.16. The monoisotopic (exact) mass is 271 g/mol. The standard InChI is InChI=1S/C12H21N3O2S/c1-4-8-15-9-7-14-11(12(15)16)13-6-5-10(2)18(3)17/h7,9-10H,4-6,8H2,1-3H3,(H,13,14). The van der Waals surface area contributed by atoms with Gasteiger partial charge in [0, 0.05) is 47.8 Å². The molecule has 0 fully saturated rings. The molecule has 0 aromatic carbocycles. The van der Waals surface area contributed by atoms with E-state index < -0.39 is 10.8 Å². The highest BCUT2D eigenvalue weighted by molar-refractivity contribution is 7.84. The second-order valence-corrected chi connectivity index (χ2v) is 6.10. The second kappa shape index (κ2) is 7.31. The average Bonchev–Trinajstić information content (AvgIpc) is 2.33. The third-order valence-electron chi connectivity index (χ3n) is 2.79. The van der Waals surface area contributed by atoms with Crippen LogP contribution < -0.4 is 10.9 Å². The Morgan fingerprint density at radius 1 is 1.56 bits per heavy atom. The summed E-state index contributed by atoms with van der Waals surface area (Å²) in [6, 6.07) is 0. The minimum atomic E-state index is -0.825. The second-order valence-electron chi connectivity index (χ2n) is 4.30. The van der Waals surface area contributed by atoms with Crippen molar-refractivity contribution < 1.29 is 4.21 Å². The average molecular weight is 271 g/mol. The molecule has 0 amide bonds. The molecule has 102 valence electrons. The van der Waals surface area contributed by atoms with E-state index in [0.29, 0.717) is 18.9 Å². The highest BCUT2D eigenvalue weighted by atomic mass is 32.2. The molecule has 2 unspecified atom stereocenters. The van der Waals surface area contributed by atoms with Crippen LogP contribution in [0.1, 0.15) is 26.7 Å². The van der Waals surface area contributed by atoms with Gasteiger partial charge in [-0.25, -0.2) is 4.98 Å². The maximum Gasteiger partial charge on any atom is 0.293 e. The number of rotatable bonds is 7. The van der Waals surface area contributed by atoms with Crippen molar-refractivity contribution in [1.29, 1.82) is 0 Å². The molecule has 5 nitrogen and oxygen atoms in total. The SMILES string of the molecule is CCCn1ccnc(NCCC(C)S(C)=O)c1=O. The van der Waals surface area contributed by atoms with Crippen molar-refractivity contribution in [3.8, 4) is 0 Å². The van der Waals surface area contributed by atoms with Crippen LogP contribution in [-0.4, -0.2) is 31.8 Å². The Morgan fingerprint density at radius 2 is 2.28 bits per heavy atom. The first-order chi connectivity index (χ1) is 8.56. The first-order valence-electron chi connectivity index (χ1n) is 6.17. The normalized spacial score (nSPS) is 14.2. The zero-order valence-electron chi connectivity index (χ0n) is 11.2. The van der Waals surface area contributed by atoms with Crippen LogP contribution in [0.25, 0.3) is 0 Å². The predicted molar refractivity (Wildman–Crippen MR) is 75.4 cm³/mol. The number of aromatic nitrogens is 2. The quantitative estimate of drug-likeness (QED) is 0.810. The summed E-state index contributed by atoms with van der Waals surface area (Å²) in [5.41, 5.74) is -0.0929. The van der Waals surface area contributed by atoms with E-state index in [0.717, 1.165) is 12.8 Å². The zero-order chi connectivity index (χ0) is 13.5. The van der Waals surface area contributed by atoms with E-state index in [1.807, 2.05) is 13.8 Å². The van der Waals surface area contributed by atoms with Crippen LogP contribution in [0.2, 0.25) is 0 Å². The maximum atomic E-state index is 11.9. The van der Waals surface area contributed by atoms with Crippen molar-refractivity contribution in [2.24, 2.45) is 0 Å². The summed E-state index contributed by atoms with van der Waals surface area (Å²) in [4.78, 5) is 16.0. The Labute approximate surface area is 110 Å². The largest absolute Gasteiger partial charge is 0.365 e. The van der Waals surface area contributed by atoms with Crippen molar-refractivity contribution in [2.75, 3.05) is 18.1 Å². The van der Waals surface area contributed by atoms with Gasteiger partial charge in [0.15, 0.2) is 5.82 Å². The van der Waals surface area contributed by atoms with Gasteiger partial charge in [-0.3, -0.25) is 9.00 Å². The number of nitrogens with one attached hydrogen (secondary N) is 1. The molecule has 2 atom stereocenters. The predicted octanol–water partition coefficient (Wildman–Crippen LogP) is 1.22. The minimum absolute atomic E-state index is 0.0929. The topological polar surface area (TPSA) is 64.0 Å². The van der Waals surface area contributed by atoms with E-state index >= 15 is 0 Å². The van der Waals surface area contributed by atoms with Crippen LogP contribution in [-0.2, 0) is 17.3 Å². The summed E-state index contributed by atoms with van der Waals surface area (Å²) in [5, 5.41) is 3.14. The van der Waals surface area contributed by atoms with E-state index in [-0.39, 0.29) is 10.8 Å². The summed E-state index contributed by atoms with van der Waals surface area (Å²) in [7, 11) is -0.825. The smallest absolute Gasteiger partial charge is 0.293 e. The van der Waals surface area contributed by atoms with Gasteiger partial charge < -0.3 is 9.88 Å². The lowest BCUT2D eigenvalue weighted by Gasteiger charge is -2.10. The summed E-state index contributed by atoms with van der Waals surface area (Å²) in [5.74, 6) is 0.375. The molecule has 0 radical (unpaired) electrons. The molecule has 18 heavy (non-hydrogen) atoms. The lowest BCUT2D eigenvalue weighted by Crippen LogP contribution is -2.25. The van der Waals surface area contributed by atoms with Gasteiger partial charge in [0.25, 0.3) is 5.56 Å². The molecule has 0 saturated carbocycles. The third kappa shape index (κ3) is 4.25. The van der Waals surface area contributed by atoms with E-state index in [2.05, 4.69) is 10.3 Å². The van der Waals surface area contributed by atoms with E-state index in [9.17, 15) is 9.00 Å². The summed E-state index contributed by atoms with van der Waals surface area (Å²) in [6.07, 6.45) is 6.68. The Hall–Kier alpha value is -1.17. The molecule has 6 heteroatoms. The van der Waals surface area contributed by atoms with Crippen LogP contribution in [0.5, 0.6) is 0 Å². The lowest BCUT2D eigenvalue weighted by atomic mass is 10.3. The summed E-state index contributed by atoms with van der Waals surface area (Å²) < 4.78 is 12.8. The number of nitrogens with zero attached hydrogens (tertiary/aromatic N) is 2. The van der Waals surface area contributed by atoms with Gasteiger partial charge >= 0.3 is 0 Å². The van der Waals surface area contributed by atoms with Gasteiger partial charge in [0.1, 0.15) is 0 Å². The Morgan fingerprint density at radius 3 is 2.89 bits per heavy atom. The molecule has 0 aliphatic carbocycles. The Kier molecular flexibility index (Phi) is 6.04. The van der Waals surface area contributed by atoms with Gasteiger partial charge in [-0.15, -0.1) is 0 Å². The molecule has 1 aromatic heterocycles. The fraction of sp³-hybridized carbons (Fsp3) is 0.667. The van der Waals surface area contributed by atoms with E-state index in [1.165, 1.54) is 0 Å². The first kappa shape index (κ1) is 14.9. The van der Waals surface area contributed by atoms with Crippen LogP contribution >= 0.6 is 0 Å². The Balaban J connectivity index is 2.60. The summed E-state index contributed by atoms with van der Waals surface area (Å²) >= 11 is 0. The molecule has 1 rings (SSSR count). The van der Waals surface area contributed by atoms with Gasteiger partial charge in [-0.05, 0) is 12.8 Å². The number of anilines is 1. The fourth-order valence-electron chi connectivity index (χ4n) is 1.55. The van der Waals surface area contributed by atoms with E-state index in [4.69, 9.17) is 0 Å². The van der Waals surface area contributed by atoms with Crippen molar-refractivity contribution in [1.82, 2.24) is 9.55 Å². The van der Waals surface area contributed by atoms with Crippen LogP contribution in [0.3, 0.4) is 0 Å². The van der Waals surface area contributed by atoms with Crippen molar-refractivity contribution >= 4 is 16.6 Å². The summed E-state index contributed by atoms with van der Waals surface area (Å²) in [6.45, 7) is 5.27. The minimum Gasteiger partial charge on any atom is -0.365 e. The van der Waals surface area contributed by atoms with Crippen LogP contribution in [0.4, 0.5) is 5.82 Å². The van der Waals surface area contributed by atoms with E-state index in [1.54, 1.807) is 23.2 Å². The fourth-order valence-corrected chi connectivity index (χ4v) is 2.00. The highest BCUT2D eigenvalue weighted by Crippen LogP contribution is 2.00. The maximum absolute atomic E-state index is 11.9. The lowest BCUT2D eigenvalue weighted by molar-refractivity contribution is 0.648. The number of aryl methyl sites for hydroxylation is 1. The van der Waals surface area contributed by atoms with Gasteiger partial charge in [0.2, 0.25) is 0 Å². The van der Waals surface area contributed by atoms with Gasteiger partial charge in [-0.2, -0.15) is 0 Å². The van der Waals surface area contributed by atoms with Gasteiger partial charge in [0.05, 0.1) is 0 Å². The van der Waals surface area contributed by atoms with Crippen LogP contribution in [0, 0.1) is 0 Å². The number of hydrogen-bond donors (Lipinski definition) is 1. The zero-order valence-corrected chi connectivity index (χ0v) is 12.0. The molecule has 0 saturated heterocycles. The number of hydrogen-bond acceptors (Lipinski definition) is 4. The molecule has 1 heterocycles. The highest BCUT2D eigenvalue weighted by Gasteiger charge is 2.07. The van der Waals surface area contributed by atoms with Gasteiger partial charge in [-0.1, -0.05) is 13.8 Å².